The van der Waals surface area contributed by atoms with Crippen LogP contribution in [0.1, 0.15) is 19.8 Å². The van der Waals surface area contributed by atoms with E-state index in [9.17, 15) is 9.18 Å². The standard InChI is InChI=1S/C13H16FNO2/c1-10(16)15-7-3-6-13(9-15)17-12-5-2-4-11(14)8-12/h2,4-5,8,13H,3,6-7,9H2,1H3. The zero-order valence-electron chi connectivity index (χ0n) is 9.86. The van der Waals surface area contributed by atoms with Crippen LogP contribution < -0.4 is 4.74 Å². The molecule has 1 amide bonds. The minimum Gasteiger partial charge on any atom is -0.488 e. The van der Waals surface area contributed by atoms with Crippen molar-refractivity contribution in [1.82, 2.24) is 4.90 Å². The molecule has 0 aromatic heterocycles. The Hall–Kier alpha value is -1.58. The van der Waals surface area contributed by atoms with Gasteiger partial charge in [-0.1, -0.05) is 6.07 Å². The van der Waals surface area contributed by atoms with Crippen molar-refractivity contribution in [2.45, 2.75) is 25.9 Å². The summed E-state index contributed by atoms with van der Waals surface area (Å²) in [5, 5.41) is 0. The Morgan fingerprint density at radius 2 is 2.35 bits per heavy atom. The number of rotatable bonds is 2. The lowest BCUT2D eigenvalue weighted by Crippen LogP contribution is -2.43. The number of hydrogen-bond acceptors (Lipinski definition) is 2. The zero-order chi connectivity index (χ0) is 12.3. The van der Waals surface area contributed by atoms with Crippen molar-refractivity contribution in [2.24, 2.45) is 0 Å². The first kappa shape index (κ1) is 11.9. The highest BCUT2D eigenvalue weighted by molar-refractivity contribution is 5.73. The topological polar surface area (TPSA) is 29.5 Å². The SMILES string of the molecule is CC(=O)N1CCCC(Oc2cccc(F)c2)C1. The van der Waals surface area contributed by atoms with Crippen molar-refractivity contribution >= 4 is 5.91 Å². The number of carbonyl (C=O) groups excluding carboxylic acids is 1. The lowest BCUT2D eigenvalue weighted by molar-refractivity contribution is -0.131. The van der Waals surface area contributed by atoms with Crippen LogP contribution in [0.3, 0.4) is 0 Å². The summed E-state index contributed by atoms with van der Waals surface area (Å²) in [7, 11) is 0. The average Bonchev–Trinajstić information content (AvgIpc) is 2.29. The molecule has 0 saturated carbocycles. The van der Waals surface area contributed by atoms with Gasteiger partial charge in [-0.05, 0) is 25.0 Å². The Kier molecular flexibility index (Phi) is 3.61. The maximum absolute atomic E-state index is 13.0. The molecule has 1 aromatic carbocycles. The third-order valence-electron chi connectivity index (χ3n) is 2.92. The van der Waals surface area contributed by atoms with Gasteiger partial charge in [-0.15, -0.1) is 0 Å². The van der Waals surface area contributed by atoms with E-state index in [4.69, 9.17) is 4.74 Å². The molecule has 92 valence electrons. The summed E-state index contributed by atoms with van der Waals surface area (Å²) in [6.45, 7) is 2.94. The first-order valence-electron chi connectivity index (χ1n) is 5.83. The van der Waals surface area contributed by atoms with Crippen LogP contribution in [0.15, 0.2) is 24.3 Å². The summed E-state index contributed by atoms with van der Waals surface area (Å²) in [5.41, 5.74) is 0. The van der Waals surface area contributed by atoms with Crippen LogP contribution in [0.25, 0.3) is 0 Å². The summed E-state index contributed by atoms with van der Waals surface area (Å²) >= 11 is 0. The molecule has 1 unspecified atom stereocenters. The predicted molar refractivity (Wildman–Crippen MR) is 62.3 cm³/mol. The van der Waals surface area contributed by atoms with E-state index >= 15 is 0 Å². The number of carbonyl (C=O) groups is 1. The first-order chi connectivity index (χ1) is 8.15. The number of piperidine rings is 1. The van der Waals surface area contributed by atoms with Gasteiger partial charge in [0.05, 0.1) is 6.54 Å². The van der Waals surface area contributed by atoms with Crippen LogP contribution in [0, 0.1) is 5.82 Å². The predicted octanol–water partition coefficient (Wildman–Crippen LogP) is 2.22. The molecule has 0 spiro atoms. The third-order valence-corrected chi connectivity index (χ3v) is 2.92. The summed E-state index contributed by atoms with van der Waals surface area (Å²) < 4.78 is 18.7. The van der Waals surface area contributed by atoms with Gasteiger partial charge in [0.25, 0.3) is 0 Å². The molecule has 17 heavy (non-hydrogen) atoms. The van der Waals surface area contributed by atoms with Crippen LogP contribution in [0.4, 0.5) is 4.39 Å². The lowest BCUT2D eigenvalue weighted by atomic mass is 10.1. The van der Waals surface area contributed by atoms with Gasteiger partial charge < -0.3 is 9.64 Å². The molecule has 1 aliphatic rings. The van der Waals surface area contributed by atoms with Gasteiger partial charge in [0, 0.05) is 19.5 Å². The second kappa shape index (κ2) is 5.17. The quantitative estimate of drug-likeness (QED) is 0.789. The molecule has 1 aromatic rings. The van der Waals surface area contributed by atoms with Gasteiger partial charge in [-0.2, -0.15) is 0 Å². The minimum absolute atomic E-state index is 0.0329. The highest BCUT2D eigenvalue weighted by atomic mass is 19.1. The van der Waals surface area contributed by atoms with Crippen molar-refractivity contribution in [2.75, 3.05) is 13.1 Å². The maximum atomic E-state index is 13.0. The molecule has 1 heterocycles. The number of benzene rings is 1. The van der Waals surface area contributed by atoms with E-state index in [1.165, 1.54) is 12.1 Å². The van der Waals surface area contributed by atoms with Crippen molar-refractivity contribution < 1.29 is 13.9 Å². The maximum Gasteiger partial charge on any atom is 0.219 e. The van der Waals surface area contributed by atoms with Crippen molar-refractivity contribution in [3.8, 4) is 5.75 Å². The summed E-state index contributed by atoms with van der Waals surface area (Å²) in [6, 6.07) is 6.11. The van der Waals surface area contributed by atoms with Crippen LogP contribution in [0.5, 0.6) is 5.75 Å². The minimum atomic E-state index is -0.304. The summed E-state index contributed by atoms with van der Waals surface area (Å²) in [5.74, 6) is 0.291. The van der Waals surface area contributed by atoms with E-state index in [0.717, 1.165) is 19.4 Å². The molecule has 3 nitrogen and oxygen atoms in total. The normalized spacial score (nSPS) is 20.1. The van der Waals surface area contributed by atoms with Gasteiger partial charge in [0.2, 0.25) is 5.91 Å². The number of ether oxygens (including phenoxy) is 1. The van der Waals surface area contributed by atoms with Crippen LogP contribution >= 0.6 is 0 Å². The van der Waals surface area contributed by atoms with E-state index in [1.807, 2.05) is 0 Å². The van der Waals surface area contributed by atoms with Gasteiger partial charge in [0.15, 0.2) is 0 Å². The molecular weight excluding hydrogens is 221 g/mol. The number of amides is 1. The van der Waals surface area contributed by atoms with Crippen molar-refractivity contribution in [3.63, 3.8) is 0 Å². The van der Waals surface area contributed by atoms with E-state index in [0.29, 0.717) is 12.3 Å². The highest BCUT2D eigenvalue weighted by Crippen LogP contribution is 2.19. The molecule has 0 bridgehead atoms. The van der Waals surface area contributed by atoms with Gasteiger partial charge in [-0.25, -0.2) is 4.39 Å². The van der Waals surface area contributed by atoms with Gasteiger partial charge in [0.1, 0.15) is 17.7 Å². The molecule has 0 radical (unpaired) electrons. The molecular formula is C13H16FNO2. The average molecular weight is 237 g/mol. The zero-order valence-corrected chi connectivity index (χ0v) is 9.86. The first-order valence-corrected chi connectivity index (χ1v) is 5.83. The fourth-order valence-corrected chi connectivity index (χ4v) is 2.05. The van der Waals surface area contributed by atoms with Gasteiger partial charge >= 0.3 is 0 Å². The second-order valence-electron chi connectivity index (χ2n) is 4.30. The van der Waals surface area contributed by atoms with Crippen molar-refractivity contribution in [3.05, 3.63) is 30.1 Å². The smallest absolute Gasteiger partial charge is 0.219 e. The Morgan fingerprint density at radius 3 is 3.06 bits per heavy atom. The molecule has 1 saturated heterocycles. The molecule has 1 fully saturated rings. The monoisotopic (exact) mass is 237 g/mol. The Labute approximate surface area is 100 Å². The third kappa shape index (κ3) is 3.19. The van der Waals surface area contributed by atoms with E-state index in [2.05, 4.69) is 0 Å². The number of hydrogen-bond donors (Lipinski definition) is 0. The number of nitrogens with zero attached hydrogens (tertiary/aromatic N) is 1. The molecule has 0 aliphatic carbocycles. The molecule has 1 atom stereocenters. The van der Waals surface area contributed by atoms with Crippen LogP contribution in [0.2, 0.25) is 0 Å². The summed E-state index contributed by atoms with van der Waals surface area (Å²) in [6.07, 6.45) is 1.80. The number of likely N-dealkylation sites (tertiary alicyclic amines) is 1. The number of halogens is 1. The second-order valence-corrected chi connectivity index (χ2v) is 4.30. The fourth-order valence-electron chi connectivity index (χ4n) is 2.05. The van der Waals surface area contributed by atoms with Crippen LogP contribution in [-0.4, -0.2) is 30.0 Å². The van der Waals surface area contributed by atoms with E-state index < -0.39 is 0 Å². The van der Waals surface area contributed by atoms with E-state index in [1.54, 1.807) is 24.0 Å². The Balaban J connectivity index is 1.97. The van der Waals surface area contributed by atoms with Crippen molar-refractivity contribution in [1.29, 1.82) is 0 Å². The largest absolute Gasteiger partial charge is 0.488 e. The molecule has 0 N–H and O–H groups in total. The highest BCUT2D eigenvalue weighted by Gasteiger charge is 2.22. The Bertz CT molecular complexity index is 408. The Morgan fingerprint density at radius 1 is 1.53 bits per heavy atom. The van der Waals surface area contributed by atoms with Crippen LogP contribution in [-0.2, 0) is 4.79 Å². The molecule has 1 aliphatic heterocycles. The van der Waals surface area contributed by atoms with Gasteiger partial charge in [-0.3, -0.25) is 4.79 Å². The molecule has 2 rings (SSSR count). The molecule has 4 heteroatoms. The summed E-state index contributed by atoms with van der Waals surface area (Å²) in [4.78, 5) is 13.0. The lowest BCUT2D eigenvalue weighted by Gasteiger charge is -2.32. The fraction of sp³-hybridized carbons (Fsp3) is 0.462. The van der Waals surface area contributed by atoms with E-state index in [-0.39, 0.29) is 17.8 Å².